The van der Waals surface area contributed by atoms with E-state index in [0.29, 0.717) is 19.7 Å². The summed E-state index contributed by atoms with van der Waals surface area (Å²) in [6.07, 6.45) is 0.752. The Labute approximate surface area is 115 Å². The first-order chi connectivity index (χ1) is 9.52. The quantitative estimate of drug-likeness (QED) is 0.654. The number of hydrogen-bond donors (Lipinski definition) is 1. The predicted molar refractivity (Wildman–Crippen MR) is 70.1 cm³/mol. The van der Waals surface area contributed by atoms with E-state index < -0.39 is 10.9 Å². The van der Waals surface area contributed by atoms with E-state index >= 15 is 0 Å². The van der Waals surface area contributed by atoms with Crippen LogP contribution in [-0.2, 0) is 4.74 Å². The molecule has 1 saturated heterocycles. The van der Waals surface area contributed by atoms with Crippen LogP contribution < -0.4 is 4.90 Å². The van der Waals surface area contributed by atoms with Crippen LogP contribution in [0.15, 0.2) is 12.1 Å². The first-order valence-corrected chi connectivity index (χ1v) is 6.28. The Hall–Kier alpha value is -2.22. The molecule has 20 heavy (non-hydrogen) atoms. The maximum absolute atomic E-state index is 11.1. The molecule has 2 heterocycles. The maximum atomic E-state index is 11.1. The van der Waals surface area contributed by atoms with Crippen molar-refractivity contribution in [1.82, 2.24) is 4.98 Å². The van der Waals surface area contributed by atoms with Gasteiger partial charge in [-0.3, -0.25) is 10.1 Å². The predicted octanol–water partition coefficient (Wildman–Crippen LogP) is 1.30. The van der Waals surface area contributed by atoms with Gasteiger partial charge in [0.05, 0.1) is 17.6 Å². The van der Waals surface area contributed by atoms with Crippen molar-refractivity contribution in [3.63, 3.8) is 0 Å². The average molecular weight is 281 g/mol. The Bertz CT molecular complexity index is 534. The number of anilines is 1. The van der Waals surface area contributed by atoms with Crippen molar-refractivity contribution in [2.24, 2.45) is 0 Å². The molecule has 0 radical (unpaired) electrons. The third-order valence-corrected chi connectivity index (χ3v) is 3.16. The number of aromatic nitrogens is 1. The number of nitro groups is 1. The minimum absolute atomic E-state index is 0.0290. The molecule has 1 aromatic rings. The number of carbonyl (C=O) groups is 1. The minimum atomic E-state index is -1.21. The summed E-state index contributed by atoms with van der Waals surface area (Å²) in [6, 6.07) is 2.32. The molecule has 1 unspecified atom stereocenters. The van der Waals surface area contributed by atoms with E-state index in [0.717, 1.165) is 12.5 Å². The number of pyridine rings is 1. The van der Waals surface area contributed by atoms with E-state index in [1.54, 1.807) is 4.90 Å². The van der Waals surface area contributed by atoms with Crippen LogP contribution in [-0.4, -0.2) is 46.8 Å². The van der Waals surface area contributed by atoms with Crippen LogP contribution in [0, 0.1) is 10.1 Å². The monoisotopic (exact) mass is 281 g/mol. The molecule has 0 aromatic carbocycles. The summed E-state index contributed by atoms with van der Waals surface area (Å²) in [5.41, 5.74) is -0.392. The number of hydrogen-bond acceptors (Lipinski definition) is 6. The molecule has 1 N–H and O–H groups in total. The number of carboxylic acid groups (broad SMARTS) is 1. The molecule has 2 rings (SSSR count). The molecule has 0 saturated carbocycles. The van der Waals surface area contributed by atoms with Crippen molar-refractivity contribution in [3.8, 4) is 0 Å². The molecule has 1 aliphatic heterocycles. The van der Waals surface area contributed by atoms with Crippen LogP contribution in [0.3, 0.4) is 0 Å². The lowest BCUT2D eigenvalue weighted by Gasteiger charge is -2.32. The van der Waals surface area contributed by atoms with Crippen molar-refractivity contribution in [2.75, 3.05) is 24.6 Å². The summed E-state index contributed by atoms with van der Waals surface area (Å²) in [5, 5.41) is 20.0. The van der Waals surface area contributed by atoms with E-state index in [-0.39, 0.29) is 23.3 Å². The highest BCUT2D eigenvalue weighted by Crippen LogP contribution is 2.28. The lowest BCUT2D eigenvalue weighted by atomic mass is 10.2. The topological polar surface area (TPSA) is 106 Å². The Balaban J connectivity index is 2.38. The largest absolute Gasteiger partial charge is 0.477 e. The number of nitrogens with zero attached hydrogens (tertiary/aromatic N) is 3. The fraction of sp³-hybridized carbons (Fsp3) is 0.500. The number of rotatable bonds is 4. The van der Waals surface area contributed by atoms with Crippen LogP contribution >= 0.6 is 0 Å². The van der Waals surface area contributed by atoms with Gasteiger partial charge in [0.1, 0.15) is 0 Å². The Kier molecular flexibility index (Phi) is 4.14. The zero-order valence-electron chi connectivity index (χ0n) is 11.0. The summed E-state index contributed by atoms with van der Waals surface area (Å²) < 4.78 is 5.50. The zero-order chi connectivity index (χ0) is 14.7. The van der Waals surface area contributed by atoms with Crippen molar-refractivity contribution in [3.05, 3.63) is 27.9 Å². The van der Waals surface area contributed by atoms with Gasteiger partial charge in [-0.05, 0) is 12.5 Å². The van der Waals surface area contributed by atoms with Crippen LogP contribution in [0.5, 0.6) is 0 Å². The first-order valence-electron chi connectivity index (χ1n) is 6.28. The maximum Gasteiger partial charge on any atom is 0.354 e. The van der Waals surface area contributed by atoms with E-state index in [1.807, 2.05) is 6.92 Å². The number of ether oxygens (including phenoxy) is 1. The number of morpholine rings is 1. The van der Waals surface area contributed by atoms with E-state index in [1.165, 1.54) is 6.07 Å². The molecule has 1 aromatic heterocycles. The second-order valence-corrected chi connectivity index (χ2v) is 4.45. The molecule has 1 aliphatic rings. The SMILES string of the molecule is CCC1CN(c2nc(C(=O)O)ccc2[N+](=O)[O-])CCO1. The lowest BCUT2D eigenvalue weighted by Crippen LogP contribution is -2.43. The molecule has 0 amide bonds. The lowest BCUT2D eigenvalue weighted by molar-refractivity contribution is -0.384. The van der Waals surface area contributed by atoms with Crippen LogP contribution in [0.25, 0.3) is 0 Å². The molecule has 108 valence electrons. The zero-order valence-corrected chi connectivity index (χ0v) is 11.0. The van der Waals surface area contributed by atoms with Gasteiger partial charge in [0.2, 0.25) is 5.82 Å². The average Bonchev–Trinajstić information content (AvgIpc) is 2.46. The van der Waals surface area contributed by atoms with Crippen LogP contribution in [0.1, 0.15) is 23.8 Å². The molecule has 0 aliphatic carbocycles. The molecule has 0 bridgehead atoms. The second kappa shape index (κ2) is 5.83. The van der Waals surface area contributed by atoms with Crippen LogP contribution in [0.2, 0.25) is 0 Å². The number of carboxylic acids is 1. The van der Waals surface area contributed by atoms with Gasteiger partial charge in [-0.2, -0.15) is 0 Å². The van der Waals surface area contributed by atoms with Gasteiger partial charge in [-0.25, -0.2) is 9.78 Å². The summed E-state index contributed by atoms with van der Waals surface area (Å²) >= 11 is 0. The van der Waals surface area contributed by atoms with Gasteiger partial charge in [-0.15, -0.1) is 0 Å². The first kappa shape index (κ1) is 14.2. The summed E-state index contributed by atoms with van der Waals surface area (Å²) in [5.74, 6) is -1.11. The molecular formula is C12H15N3O5. The Morgan fingerprint density at radius 2 is 2.40 bits per heavy atom. The Morgan fingerprint density at radius 1 is 1.65 bits per heavy atom. The third-order valence-electron chi connectivity index (χ3n) is 3.16. The van der Waals surface area contributed by atoms with Crippen molar-refractivity contribution in [1.29, 1.82) is 0 Å². The summed E-state index contributed by atoms with van der Waals surface area (Å²) in [7, 11) is 0. The van der Waals surface area contributed by atoms with Gasteiger partial charge >= 0.3 is 11.7 Å². The van der Waals surface area contributed by atoms with Gasteiger partial charge in [0, 0.05) is 19.2 Å². The van der Waals surface area contributed by atoms with Crippen molar-refractivity contribution in [2.45, 2.75) is 19.4 Å². The molecular weight excluding hydrogens is 266 g/mol. The third kappa shape index (κ3) is 2.85. The van der Waals surface area contributed by atoms with E-state index in [2.05, 4.69) is 4.98 Å². The standard InChI is InChI=1S/C12H15N3O5/c1-2-8-7-14(5-6-20-8)11-10(15(18)19)4-3-9(13-11)12(16)17/h3-4,8H,2,5-7H2,1H3,(H,16,17). The number of aromatic carboxylic acids is 1. The fourth-order valence-electron chi connectivity index (χ4n) is 2.09. The molecule has 1 fully saturated rings. The summed E-state index contributed by atoms with van der Waals surface area (Å²) in [6.45, 7) is 3.32. The van der Waals surface area contributed by atoms with Crippen LogP contribution in [0.4, 0.5) is 11.5 Å². The highest BCUT2D eigenvalue weighted by molar-refractivity contribution is 5.86. The normalized spacial score (nSPS) is 18.9. The molecule has 0 spiro atoms. The van der Waals surface area contributed by atoms with Gasteiger partial charge in [0.25, 0.3) is 0 Å². The van der Waals surface area contributed by atoms with E-state index in [4.69, 9.17) is 9.84 Å². The van der Waals surface area contributed by atoms with Crippen molar-refractivity contribution < 1.29 is 19.6 Å². The minimum Gasteiger partial charge on any atom is -0.477 e. The highest BCUT2D eigenvalue weighted by atomic mass is 16.6. The van der Waals surface area contributed by atoms with Gasteiger partial charge < -0.3 is 14.7 Å². The summed E-state index contributed by atoms with van der Waals surface area (Å²) in [4.78, 5) is 27.1. The Morgan fingerprint density at radius 3 is 3.00 bits per heavy atom. The second-order valence-electron chi connectivity index (χ2n) is 4.45. The smallest absolute Gasteiger partial charge is 0.354 e. The molecule has 1 atom stereocenters. The fourth-order valence-corrected chi connectivity index (χ4v) is 2.09. The highest BCUT2D eigenvalue weighted by Gasteiger charge is 2.27. The molecule has 8 heteroatoms. The molecule has 8 nitrogen and oxygen atoms in total. The van der Waals surface area contributed by atoms with E-state index in [9.17, 15) is 14.9 Å². The van der Waals surface area contributed by atoms with Gasteiger partial charge in [-0.1, -0.05) is 6.92 Å². The van der Waals surface area contributed by atoms with Crippen molar-refractivity contribution >= 4 is 17.5 Å². The van der Waals surface area contributed by atoms with Gasteiger partial charge in [0.15, 0.2) is 5.69 Å².